The molecule has 108 valence electrons. The molecule has 0 aliphatic carbocycles. The third kappa shape index (κ3) is 5.63. The zero-order valence-electron chi connectivity index (χ0n) is 11.3. The fourth-order valence-corrected chi connectivity index (χ4v) is 3.54. The van der Waals surface area contributed by atoms with Crippen LogP contribution in [0.3, 0.4) is 0 Å². The molecule has 0 radical (unpaired) electrons. The molecule has 0 heterocycles. The molecule has 1 atom stereocenters. The van der Waals surface area contributed by atoms with Crippen LogP contribution in [0.1, 0.15) is 12.5 Å². The molecule has 1 amide bonds. The van der Waals surface area contributed by atoms with Crippen molar-refractivity contribution in [3.05, 3.63) is 29.8 Å². The second kappa shape index (κ2) is 7.31. The number of nitrogens with one attached hydrogen (secondary N) is 1. The highest BCUT2D eigenvalue weighted by atomic mass is 32.2. The smallest absolute Gasteiger partial charge is 0.237 e. The molecule has 0 spiro atoms. The quantitative estimate of drug-likeness (QED) is 0.863. The predicted octanol–water partition coefficient (Wildman–Crippen LogP) is 1.66. The fourth-order valence-electron chi connectivity index (χ4n) is 1.38. The van der Waals surface area contributed by atoms with Gasteiger partial charge in [0.1, 0.15) is 15.9 Å². The monoisotopic (exact) mass is 312 g/mol. The van der Waals surface area contributed by atoms with Gasteiger partial charge >= 0.3 is 0 Å². The normalized spacial score (nSPS) is 12.4. The Balaban J connectivity index is 2.56. The summed E-state index contributed by atoms with van der Waals surface area (Å²) < 4.78 is 22.0. The van der Waals surface area contributed by atoms with E-state index in [0.717, 1.165) is 0 Å². The molecule has 5 nitrogen and oxygen atoms in total. The van der Waals surface area contributed by atoms with E-state index in [0.29, 0.717) is 17.0 Å². The molecular weight excluding hydrogens is 296 g/mol. The van der Waals surface area contributed by atoms with Gasteiger partial charge < -0.3 is 5.32 Å². The predicted molar refractivity (Wildman–Crippen MR) is 81.4 cm³/mol. The lowest BCUT2D eigenvalue weighted by Gasteiger charge is -2.12. The van der Waals surface area contributed by atoms with Crippen LogP contribution >= 0.6 is 11.8 Å². The van der Waals surface area contributed by atoms with Crippen LogP contribution in [0.2, 0.25) is 0 Å². The maximum absolute atomic E-state index is 11.9. The zero-order chi connectivity index (χ0) is 15.2. The first-order valence-corrected chi connectivity index (χ1v) is 9.04. The van der Waals surface area contributed by atoms with E-state index in [2.05, 4.69) is 5.32 Å². The van der Waals surface area contributed by atoms with Gasteiger partial charge in [0.25, 0.3) is 0 Å². The van der Waals surface area contributed by atoms with Crippen LogP contribution in [0.15, 0.2) is 24.3 Å². The summed E-state index contributed by atoms with van der Waals surface area (Å²) in [6, 6.07) is 8.74. The van der Waals surface area contributed by atoms with Crippen molar-refractivity contribution >= 4 is 33.2 Å². The maximum atomic E-state index is 11.9. The molecule has 0 aliphatic rings. The molecule has 1 aromatic rings. The van der Waals surface area contributed by atoms with Crippen molar-refractivity contribution in [2.45, 2.75) is 12.2 Å². The molecule has 7 heteroatoms. The van der Waals surface area contributed by atoms with E-state index in [4.69, 9.17) is 5.26 Å². The summed E-state index contributed by atoms with van der Waals surface area (Å²) in [5, 5.41) is 11.2. The molecule has 1 aromatic carbocycles. The van der Waals surface area contributed by atoms with Crippen molar-refractivity contribution in [3.8, 4) is 6.07 Å². The molecule has 1 unspecified atom stereocenters. The summed E-state index contributed by atoms with van der Waals surface area (Å²) in [5.41, 5.74) is 0.866. The van der Waals surface area contributed by atoms with Gasteiger partial charge in [0, 0.05) is 12.0 Å². The largest absolute Gasteiger partial charge is 0.324 e. The molecule has 1 rings (SSSR count). The first-order valence-electron chi connectivity index (χ1n) is 5.93. The first-order chi connectivity index (χ1) is 9.33. The zero-order valence-corrected chi connectivity index (χ0v) is 12.9. The minimum atomic E-state index is -3.01. The number of sulfone groups is 1. The number of nitrogens with zero attached hydrogens (tertiary/aromatic N) is 1. The molecule has 0 saturated carbocycles. The summed E-state index contributed by atoms with van der Waals surface area (Å²) in [6.07, 6.45) is 1.17. The van der Waals surface area contributed by atoms with Crippen molar-refractivity contribution in [1.29, 1.82) is 5.26 Å². The van der Waals surface area contributed by atoms with E-state index in [9.17, 15) is 13.2 Å². The fraction of sp³-hybridized carbons (Fsp3) is 0.385. The number of benzene rings is 1. The summed E-state index contributed by atoms with van der Waals surface area (Å²) in [5.74, 6) is 0.170. The van der Waals surface area contributed by atoms with Crippen molar-refractivity contribution in [3.63, 3.8) is 0 Å². The summed E-state index contributed by atoms with van der Waals surface area (Å²) in [4.78, 5) is 11.9. The number of para-hydroxylation sites is 1. The van der Waals surface area contributed by atoms with Crippen LogP contribution in [0.25, 0.3) is 0 Å². The Bertz CT molecular complexity index is 621. The highest BCUT2D eigenvalue weighted by molar-refractivity contribution is 8.01. The number of carbonyl (C=O) groups excluding carboxylic acids is 1. The average molecular weight is 312 g/mol. The lowest BCUT2D eigenvalue weighted by molar-refractivity contribution is -0.115. The Morgan fingerprint density at radius 2 is 2.10 bits per heavy atom. The van der Waals surface area contributed by atoms with E-state index in [1.807, 2.05) is 6.07 Å². The minimum absolute atomic E-state index is 0.0457. The van der Waals surface area contributed by atoms with Crippen LogP contribution in [0.5, 0.6) is 0 Å². The molecule has 0 bridgehead atoms. The highest BCUT2D eigenvalue weighted by Crippen LogP contribution is 2.17. The molecule has 20 heavy (non-hydrogen) atoms. The SMILES string of the molecule is CC(SCCS(C)(=O)=O)C(=O)Nc1ccccc1C#N. The Hall–Kier alpha value is -1.52. The molecule has 0 aliphatic heterocycles. The van der Waals surface area contributed by atoms with Gasteiger partial charge in [0.2, 0.25) is 5.91 Å². The van der Waals surface area contributed by atoms with Crippen LogP contribution < -0.4 is 5.32 Å². The number of anilines is 1. The van der Waals surface area contributed by atoms with Gasteiger partial charge in [-0.1, -0.05) is 12.1 Å². The second-order valence-electron chi connectivity index (χ2n) is 4.29. The van der Waals surface area contributed by atoms with Crippen LogP contribution in [0.4, 0.5) is 5.69 Å². The molecular formula is C13H16N2O3S2. The number of rotatable bonds is 6. The number of carbonyl (C=O) groups is 1. The van der Waals surface area contributed by atoms with E-state index in [1.165, 1.54) is 18.0 Å². The average Bonchev–Trinajstić information content (AvgIpc) is 2.37. The van der Waals surface area contributed by atoms with Gasteiger partial charge in [0.05, 0.1) is 22.3 Å². The molecule has 1 N–H and O–H groups in total. The number of amides is 1. The van der Waals surface area contributed by atoms with Gasteiger partial charge in [-0.2, -0.15) is 5.26 Å². The lowest BCUT2D eigenvalue weighted by atomic mass is 10.2. The lowest BCUT2D eigenvalue weighted by Crippen LogP contribution is -2.24. The van der Waals surface area contributed by atoms with Gasteiger partial charge in [0.15, 0.2) is 0 Å². The Morgan fingerprint density at radius 3 is 2.70 bits per heavy atom. The van der Waals surface area contributed by atoms with Crippen LogP contribution in [-0.2, 0) is 14.6 Å². The van der Waals surface area contributed by atoms with E-state index in [-0.39, 0.29) is 16.9 Å². The number of hydrogen-bond acceptors (Lipinski definition) is 5. The molecule has 0 saturated heterocycles. The standard InChI is InChI=1S/C13H16N2O3S2/c1-10(19-7-8-20(2,17)18)13(16)15-12-6-4-3-5-11(12)9-14/h3-6,10H,7-8H2,1-2H3,(H,15,16). The van der Waals surface area contributed by atoms with E-state index < -0.39 is 9.84 Å². The van der Waals surface area contributed by atoms with Gasteiger partial charge in [-0.05, 0) is 19.1 Å². The highest BCUT2D eigenvalue weighted by Gasteiger charge is 2.15. The van der Waals surface area contributed by atoms with E-state index in [1.54, 1.807) is 31.2 Å². The Morgan fingerprint density at radius 1 is 1.45 bits per heavy atom. The number of nitriles is 1. The summed E-state index contributed by atoms with van der Waals surface area (Å²) in [7, 11) is -3.01. The third-order valence-electron chi connectivity index (χ3n) is 2.50. The summed E-state index contributed by atoms with van der Waals surface area (Å²) >= 11 is 1.27. The second-order valence-corrected chi connectivity index (χ2v) is 8.00. The number of hydrogen-bond donors (Lipinski definition) is 1. The Kier molecular flexibility index (Phi) is 6.05. The Labute approximate surface area is 123 Å². The topological polar surface area (TPSA) is 87.0 Å². The van der Waals surface area contributed by atoms with Crippen LogP contribution in [0, 0.1) is 11.3 Å². The first kappa shape index (κ1) is 16.5. The van der Waals surface area contributed by atoms with Crippen molar-refractivity contribution in [2.24, 2.45) is 0 Å². The molecule has 0 fully saturated rings. The minimum Gasteiger partial charge on any atom is -0.324 e. The van der Waals surface area contributed by atoms with Crippen molar-refractivity contribution < 1.29 is 13.2 Å². The van der Waals surface area contributed by atoms with Crippen molar-refractivity contribution in [1.82, 2.24) is 0 Å². The van der Waals surface area contributed by atoms with Crippen LogP contribution in [-0.4, -0.2) is 37.3 Å². The van der Waals surface area contributed by atoms with Crippen molar-refractivity contribution in [2.75, 3.05) is 23.1 Å². The maximum Gasteiger partial charge on any atom is 0.237 e. The van der Waals surface area contributed by atoms with Gasteiger partial charge in [-0.15, -0.1) is 11.8 Å². The van der Waals surface area contributed by atoms with Gasteiger partial charge in [-0.25, -0.2) is 8.42 Å². The van der Waals surface area contributed by atoms with Gasteiger partial charge in [-0.3, -0.25) is 4.79 Å². The number of thioether (sulfide) groups is 1. The summed E-state index contributed by atoms with van der Waals surface area (Å²) in [6.45, 7) is 1.71. The third-order valence-corrected chi connectivity index (χ3v) is 4.85. The molecule has 0 aromatic heterocycles. The van der Waals surface area contributed by atoms with E-state index >= 15 is 0 Å².